The molecule has 0 N–H and O–H groups in total. The Labute approximate surface area is 150 Å². The molecule has 0 spiro atoms. The van der Waals surface area contributed by atoms with Gasteiger partial charge in [-0.25, -0.2) is 0 Å². The summed E-state index contributed by atoms with van der Waals surface area (Å²) in [6, 6.07) is 16.7. The van der Waals surface area contributed by atoms with Gasteiger partial charge in [-0.05, 0) is 48.2 Å². The molecule has 0 saturated carbocycles. The molecule has 0 radical (unpaired) electrons. The van der Waals surface area contributed by atoms with Crippen LogP contribution in [0.25, 0.3) is 6.08 Å². The van der Waals surface area contributed by atoms with Gasteiger partial charge in [0.05, 0.1) is 12.3 Å². The number of benzene rings is 2. The Hall–Kier alpha value is -2.61. The third kappa shape index (κ3) is 4.93. The van der Waals surface area contributed by atoms with Gasteiger partial charge in [0.25, 0.3) is 0 Å². The SMILES string of the molecule is CCCCOc1ccc2c(c1)CCN=C2/C=C/C=C/c1ccccc1. The van der Waals surface area contributed by atoms with Gasteiger partial charge in [-0.1, -0.05) is 61.9 Å². The molecule has 2 nitrogen and oxygen atoms in total. The summed E-state index contributed by atoms with van der Waals surface area (Å²) in [7, 11) is 0. The van der Waals surface area contributed by atoms with E-state index in [1.54, 1.807) is 0 Å². The monoisotopic (exact) mass is 331 g/mol. The van der Waals surface area contributed by atoms with Crippen molar-refractivity contribution in [3.8, 4) is 5.75 Å². The Bertz CT molecular complexity index is 772. The molecule has 1 heterocycles. The Morgan fingerprint density at radius 1 is 1.04 bits per heavy atom. The maximum atomic E-state index is 5.83. The zero-order valence-electron chi connectivity index (χ0n) is 14.8. The highest BCUT2D eigenvalue weighted by Gasteiger charge is 2.12. The van der Waals surface area contributed by atoms with Crippen molar-refractivity contribution < 1.29 is 4.74 Å². The number of hydrogen-bond donors (Lipinski definition) is 0. The van der Waals surface area contributed by atoms with Crippen molar-refractivity contribution in [3.63, 3.8) is 0 Å². The van der Waals surface area contributed by atoms with Crippen LogP contribution in [0.4, 0.5) is 0 Å². The lowest BCUT2D eigenvalue weighted by Crippen LogP contribution is -2.11. The summed E-state index contributed by atoms with van der Waals surface area (Å²) >= 11 is 0. The Balaban J connectivity index is 1.67. The van der Waals surface area contributed by atoms with E-state index < -0.39 is 0 Å². The molecule has 25 heavy (non-hydrogen) atoms. The maximum absolute atomic E-state index is 5.83. The zero-order chi connectivity index (χ0) is 17.3. The summed E-state index contributed by atoms with van der Waals surface area (Å²) in [5.74, 6) is 0.974. The number of fused-ring (bicyclic) bond motifs is 1. The fourth-order valence-corrected chi connectivity index (χ4v) is 2.85. The molecule has 0 aromatic heterocycles. The second-order valence-electron chi connectivity index (χ2n) is 6.17. The van der Waals surface area contributed by atoms with Gasteiger partial charge in [-0.2, -0.15) is 0 Å². The lowest BCUT2D eigenvalue weighted by molar-refractivity contribution is 0.309. The van der Waals surface area contributed by atoms with Crippen LogP contribution in [-0.2, 0) is 6.42 Å². The first-order chi connectivity index (χ1) is 12.4. The Morgan fingerprint density at radius 3 is 2.72 bits per heavy atom. The van der Waals surface area contributed by atoms with E-state index in [-0.39, 0.29) is 0 Å². The van der Waals surface area contributed by atoms with Crippen molar-refractivity contribution in [2.24, 2.45) is 4.99 Å². The normalized spacial score (nSPS) is 13.9. The number of allylic oxidation sites excluding steroid dienone is 3. The lowest BCUT2D eigenvalue weighted by atomic mass is 9.97. The largest absolute Gasteiger partial charge is 0.494 e. The van der Waals surface area contributed by atoms with Gasteiger partial charge in [0.15, 0.2) is 0 Å². The quantitative estimate of drug-likeness (QED) is 0.486. The molecule has 1 aliphatic rings. The Kier molecular flexibility index (Phi) is 6.22. The van der Waals surface area contributed by atoms with Gasteiger partial charge < -0.3 is 4.74 Å². The average molecular weight is 331 g/mol. The third-order valence-corrected chi connectivity index (χ3v) is 4.24. The first kappa shape index (κ1) is 17.2. The predicted molar refractivity (Wildman–Crippen MR) is 107 cm³/mol. The molecule has 3 rings (SSSR count). The molecule has 0 aliphatic carbocycles. The van der Waals surface area contributed by atoms with Crippen molar-refractivity contribution in [1.82, 2.24) is 0 Å². The van der Waals surface area contributed by atoms with Gasteiger partial charge in [0.1, 0.15) is 5.75 Å². The maximum Gasteiger partial charge on any atom is 0.119 e. The number of aliphatic imine (C=N–C) groups is 1. The van der Waals surface area contributed by atoms with Crippen LogP contribution in [-0.4, -0.2) is 18.9 Å². The van der Waals surface area contributed by atoms with Gasteiger partial charge in [-0.3, -0.25) is 4.99 Å². The van der Waals surface area contributed by atoms with Gasteiger partial charge in [-0.15, -0.1) is 0 Å². The van der Waals surface area contributed by atoms with Crippen molar-refractivity contribution in [2.75, 3.05) is 13.2 Å². The molecule has 0 bridgehead atoms. The van der Waals surface area contributed by atoms with Gasteiger partial charge in [0, 0.05) is 12.1 Å². The smallest absolute Gasteiger partial charge is 0.119 e. The van der Waals surface area contributed by atoms with Gasteiger partial charge >= 0.3 is 0 Å². The van der Waals surface area contributed by atoms with E-state index in [0.29, 0.717) is 0 Å². The highest BCUT2D eigenvalue weighted by Crippen LogP contribution is 2.23. The summed E-state index contributed by atoms with van der Waals surface area (Å²) in [5.41, 5.74) is 4.81. The molecule has 0 atom stereocenters. The zero-order valence-corrected chi connectivity index (χ0v) is 14.8. The minimum atomic E-state index is 0.792. The summed E-state index contributed by atoms with van der Waals surface area (Å²) < 4.78 is 5.83. The summed E-state index contributed by atoms with van der Waals surface area (Å²) in [6.07, 6.45) is 11.6. The predicted octanol–water partition coefficient (Wildman–Crippen LogP) is 5.48. The van der Waals surface area contributed by atoms with Crippen LogP contribution in [0.1, 0.15) is 36.5 Å². The van der Waals surface area contributed by atoms with Crippen LogP contribution in [0.5, 0.6) is 5.75 Å². The van der Waals surface area contributed by atoms with Crippen LogP contribution >= 0.6 is 0 Å². The molecule has 0 unspecified atom stereocenters. The molecule has 0 amide bonds. The second kappa shape index (κ2) is 9.03. The van der Waals surface area contributed by atoms with Crippen molar-refractivity contribution in [2.45, 2.75) is 26.2 Å². The molecule has 2 aromatic rings. The Morgan fingerprint density at radius 2 is 1.88 bits per heavy atom. The fourth-order valence-electron chi connectivity index (χ4n) is 2.85. The fraction of sp³-hybridized carbons (Fsp3) is 0.261. The van der Waals surface area contributed by atoms with E-state index in [4.69, 9.17) is 4.74 Å². The summed E-state index contributed by atoms with van der Waals surface area (Å²) in [4.78, 5) is 4.68. The summed E-state index contributed by atoms with van der Waals surface area (Å²) in [5, 5.41) is 0. The molecule has 1 aliphatic heterocycles. The standard InChI is InChI=1S/C23H25NO/c1-2-3-17-25-21-13-14-22-20(18-21)15-16-24-23(22)12-8-7-11-19-9-5-4-6-10-19/h4-14,18H,2-3,15-17H2,1H3/b11-7+,12-8+. The first-order valence-electron chi connectivity index (χ1n) is 9.07. The number of nitrogens with zero attached hydrogens (tertiary/aromatic N) is 1. The van der Waals surface area contributed by atoms with E-state index in [2.05, 4.69) is 66.6 Å². The first-order valence-corrected chi connectivity index (χ1v) is 9.07. The molecular formula is C23H25NO. The van der Waals surface area contributed by atoms with E-state index in [9.17, 15) is 0 Å². The minimum absolute atomic E-state index is 0.792. The highest BCUT2D eigenvalue weighted by molar-refractivity contribution is 6.10. The average Bonchev–Trinajstić information content (AvgIpc) is 2.66. The number of hydrogen-bond acceptors (Lipinski definition) is 2. The van der Waals surface area contributed by atoms with Crippen LogP contribution in [0, 0.1) is 0 Å². The molecule has 0 saturated heterocycles. The third-order valence-electron chi connectivity index (χ3n) is 4.24. The van der Waals surface area contributed by atoms with E-state index in [1.165, 1.54) is 16.7 Å². The number of rotatable bonds is 7. The van der Waals surface area contributed by atoms with Crippen LogP contribution < -0.4 is 4.74 Å². The molecule has 2 aromatic carbocycles. The van der Waals surface area contributed by atoms with E-state index in [1.807, 2.05) is 18.2 Å². The van der Waals surface area contributed by atoms with Crippen molar-refractivity contribution in [1.29, 1.82) is 0 Å². The van der Waals surface area contributed by atoms with E-state index >= 15 is 0 Å². The van der Waals surface area contributed by atoms with Crippen molar-refractivity contribution in [3.05, 3.63) is 83.4 Å². The van der Waals surface area contributed by atoms with E-state index in [0.717, 1.165) is 43.9 Å². The van der Waals surface area contributed by atoms with Crippen LogP contribution in [0.15, 0.2) is 71.8 Å². The highest BCUT2D eigenvalue weighted by atomic mass is 16.5. The van der Waals surface area contributed by atoms with Crippen molar-refractivity contribution >= 4 is 11.8 Å². The molecular weight excluding hydrogens is 306 g/mol. The van der Waals surface area contributed by atoms with Crippen LogP contribution in [0.3, 0.4) is 0 Å². The lowest BCUT2D eigenvalue weighted by Gasteiger charge is -2.16. The minimum Gasteiger partial charge on any atom is -0.494 e. The molecule has 0 fully saturated rings. The topological polar surface area (TPSA) is 21.6 Å². The number of ether oxygens (including phenoxy) is 1. The molecule has 128 valence electrons. The van der Waals surface area contributed by atoms with Crippen LogP contribution in [0.2, 0.25) is 0 Å². The second-order valence-corrected chi connectivity index (χ2v) is 6.17. The number of unbranched alkanes of at least 4 members (excludes halogenated alkanes) is 1. The molecule has 2 heteroatoms. The van der Waals surface area contributed by atoms with Gasteiger partial charge in [0.2, 0.25) is 0 Å². The summed E-state index contributed by atoms with van der Waals surface area (Å²) in [6.45, 7) is 3.81.